The Morgan fingerprint density at radius 3 is 2.84 bits per heavy atom. The average Bonchev–Trinajstić information content (AvgIpc) is 2.80. The molecule has 0 unspecified atom stereocenters. The summed E-state index contributed by atoms with van der Waals surface area (Å²) in [6, 6.07) is 3.21. The van der Waals surface area contributed by atoms with Crippen molar-refractivity contribution in [1.82, 2.24) is 14.3 Å². The molecule has 3 rings (SSSR count). The van der Waals surface area contributed by atoms with Gasteiger partial charge in [0.2, 0.25) is 0 Å². The Balaban J connectivity index is 1.82. The number of carbonyl (C=O) groups is 1. The van der Waals surface area contributed by atoms with E-state index >= 15 is 0 Å². The molecule has 0 aliphatic carbocycles. The molecule has 0 aromatic carbocycles. The van der Waals surface area contributed by atoms with E-state index in [2.05, 4.69) is 9.88 Å². The highest BCUT2D eigenvalue weighted by Gasteiger charge is 2.13. The van der Waals surface area contributed by atoms with E-state index in [0.29, 0.717) is 5.65 Å². The van der Waals surface area contributed by atoms with Gasteiger partial charge in [0, 0.05) is 18.9 Å². The topological polar surface area (TPSA) is 57.8 Å². The Morgan fingerprint density at radius 1 is 1.32 bits per heavy atom. The minimum atomic E-state index is -0.914. The number of carboxylic acids is 1. The lowest BCUT2D eigenvalue weighted by molar-refractivity contribution is 0.0697. The number of piperidine rings is 1. The van der Waals surface area contributed by atoms with Gasteiger partial charge in [-0.15, -0.1) is 0 Å². The fourth-order valence-electron chi connectivity index (χ4n) is 2.59. The summed E-state index contributed by atoms with van der Waals surface area (Å²) in [4.78, 5) is 17.8. The van der Waals surface area contributed by atoms with Crippen molar-refractivity contribution < 1.29 is 9.90 Å². The molecular formula is C14H17N3O2. The first kappa shape index (κ1) is 12.2. The SMILES string of the molecule is O=C(O)c1ccn2cc(CN3CCCCC3)nc2c1. The van der Waals surface area contributed by atoms with Crippen LogP contribution in [0.2, 0.25) is 0 Å². The number of likely N-dealkylation sites (tertiary alicyclic amines) is 1. The molecule has 1 fully saturated rings. The first-order valence-electron chi connectivity index (χ1n) is 6.66. The lowest BCUT2D eigenvalue weighted by Gasteiger charge is -2.25. The number of imidazole rings is 1. The molecule has 1 N–H and O–H groups in total. The highest BCUT2D eigenvalue weighted by molar-refractivity contribution is 5.88. The van der Waals surface area contributed by atoms with Gasteiger partial charge in [0.1, 0.15) is 5.65 Å². The van der Waals surface area contributed by atoms with Crippen LogP contribution in [0.1, 0.15) is 35.3 Å². The van der Waals surface area contributed by atoms with Gasteiger partial charge in [-0.3, -0.25) is 4.90 Å². The van der Waals surface area contributed by atoms with Gasteiger partial charge in [0.05, 0.1) is 11.3 Å². The van der Waals surface area contributed by atoms with Gasteiger partial charge in [-0.2, -0.15) is 0 Å². The number of pyridine rings is 1. The van der Waals surface area contributed by atoms with Crippen LogP contribution in [0.4, 0.5) is 0 Å². The maximum Gasteiger partial charge on any atom is 0.335 e. The Labute approximate surface area is 111 Å². The van der Waals surface area contributed by atoms with Crippen LogP contribution in [0, 0.1) is 0 Å². The largest absolute Gasteiger partial charge is 0.478 e. The molecule has 0 atom stereocenters. The van der Waals surface area contributed by atoms with Gasteiger partial charge in [0.25, 0.3) is 0 Å². The maximum atomic E-state index is 10.9. The third-order valence-corrected chi connectivity index (χ3v) is 3.59. The predicted octanol–water partition coefficient (Wildman–Crippen LogP) is 2.02. The maximum absolute atomic E-state index is 10.9. The van der Waals surface area contributed by atoms with Crippen molar-refractivity contribution in [2.45, 2.75) is 25.8 Å². The zero-order valence-electron chi connectivity index (χ0n) is 10.7. The molecule has 100 valence electrons. The monoisotopic (exact) mass is 259 g/mol. The summed E-state index contributed by atoms with van der Waals surface area (Å²) in [5.41, 5.74) is 1.99. The molecule has 3 heterocycles. The minimum Gasteiger partial charge on any atom is -0.478 e. The number of aromatic nitrogens is 2. The normalized spacial score (nSPS) is 16.8. The fraction of sp³-hybridized carbons (Fsp3) is 0.429. The van der Waals surface area contributed by atoms with E-state index in [4.69, 9.17) is 5.11 Å². The Bertz CT molecular complexity index is 600. The van der Waals surface area contributed by atoms with Gasteiger partial charge in [-0.25, -0.2) is 9.78 Å². The van der Waals surface area contributed by atoms with Crippen LogP contribution in [0.3, 0.4) is 0 Å². The van der Waals surface area contributed by atoms with Crippen LogP contribution in [0.25, 0.3) is 5.65 Å². The molecule has 0 spiro atoms. The zero-order chi connectivity index (χ0) is 13.2. The second kappa shape index (κ2) is 5.01. The van der Waals surface area contributed by atoms with E-state index in [-0.39, 0.29) is 5.56 Å². The summed E-state index contributed by atoms with van der Waals surface area (Å²) in [5, 5.41) is 8.97. The first-order valence-corrected chi connectivity index (χ1v) is 6.66. The number of hydrogen-bond acceptors (Lipinski definition) is 3. The molecule has 0 amide bonds. The average molecular weight is 259 g/mol. The number of fused-ring (bicyclic) bond motifs is 1. The number of hydrogen-bond donors (Lipinski definition) is 1. The van der Waals surface area contributed by atoms with Crippen molar-refractivity contribution in [1.29, 1.82) is 0 Å². The summed E-state index contributed by atoms with van der Waals surface area (Å²) in [5.74, 6) is -0.914. The second-order valence-corrected chi connectivity index (χ2v) is 5.06. The minimum absolute atomic E-state index is 0.280. The third-order valence-electron chi connectivity index (χ3n) is 3.59. The summed E-state index contributed by atoms with van der Waals surface area (Å²) in [6.07, 6.45) is 7.58. The summed E-state index contributed by atoms with van der Waals surface area (Å²) < 4.78 is 1.88. The van der Waals surface area contributed by atoms with E-state index in [1.807, 2.05) is 10.6 Å². The van der Waals surface area contributed by atoms with Crippen LogP contribution < -0.4 is 0 Å². The molecule has 1 aliphatic heterocycles. The van der Waals surface area contributed by atoms with Crippen molar-refractivity contribution in [3.05, 3.63) is 35.8 Å². The molecular weight excluding hydrogens is 242 g/mol. The molecule has 5 nitrogen and oxygen atoms in total. The molecule has 1 aliphatic rings. The summed E-state index contributed by atoms with van der Waals surface area (Å²) in [7, 11) is 0. The Kier molecular flexibility index (Phi) is 3.21. The van der Waals surface area contributed by atoms with Crippen molar-refractivity contribution in [3.63, 3.8) is 0 Å². The number of carboxylic acid groups (broad SMARTS) is 1. The van der Waals surface area contributed by atoms with Crippen molar-refractivity contribution in [2.75, 3.05) is 13.1 Å². The molecule has 2 aromatic rings. The molecule has 0 radical (unpaired) electrons. The van der Waals surface area contributed by atoms with Gasteiger partial charge in [-0.05, 0) is 38.1 Å². The van der Waals surface area contributed by atoms with Crippen molar-refractivity contribution in [2.24, 2.45) is 0 Å². The summed E-state index contributed by atoms with van der Waals surface area (Å²) >= 11 is 0. The van der Waals surface area contributed by atoms with Crippen LogP contribution in [-0.4, -0.2) is 38.4 Å². The van der Waals surface area contributed by atoms with Crippen LogP contribution >= 0.6 is 0 Å². The molecule has 19 heavy (non-hydrogen) atoms. The van der Waals surface area contributed by atoms with Crippen LogP contribution in [0.15, 0.2) is 24.5 Å². The van der Waals surface area contributed by atoms with E-state index in [9.17, 15) is 4.79 Å². The smallest absolute Gasteiger partial charge is 0.335 e. The number of nitrogens with zero attached hydrogens (tertiary/aromatic N) is 3. The fourth-order valence-corrected chi connectivity index (χ4v) is 2.59. The molecule has 5 heteroatoms. The number of aromatic carboxylic acids is 1. The zero-order valence-corrected chi connectivity index (χ0v) is 10.7. The third kappa shape index (κ3) is 2.61. The molecule has 0 bridgehead atoms. The van der Waals surface area contributed by atoms with E-state index in [1.54, 1.807) is 18.3 Å². The molecule has 2 aromatic heterocycles. The molecule has 1 saturated heterocycles. The predicted molar refractivity (Wildman–Crippen MR) is 71.3 cm³/mol. The molecule has 0 saturated carbocycles. The van der Waals surface area contributed by atoms with E-state index in [0.717, 1.165) is 25.3 Å². The lowest BCUT2D eigenvalue weighted by atomic mass is 10.1. The van der Waals surface area contributed by atoms with Crippen LogP contribution in [0.5, 0.6) is 0 Å². The van der Waals surface area contributed by atoms with Crippen molar-refractivity contribution in [3.8, 4) is 0 Å². The highest BCUT2D eigenvalue weighted by atomic mass is 16.4. The summed E-state index contributed by atoms with van der Waals surface area (Å²) in [6.45, 7) is 3.12. The van der Waals surface area contributed by atoms with Crippen LogP contribution in [-0.2, 0) is 6.54 Å². The second-order valence-electron chi connectivity index (χ2n) is 5.06. The lowest BCUT2D eigenvalue weighted by Crippen LogP contribution is -2.29. The first-order chi connectivity index (χ1) is 9.22. The Morgan fingerprint density at radius 2 is 2.11 bits per heavy atom. The van der Waals surface area contributed by atoms with E-state index < -0.39 is 5.97 Å². The standard InChI is InChI=1S/C14H17N3O2/c18-14(19)11-4-7-17-10-12(15-13(17)8-11)9-16-5-2-1-3-6-16/h4,7-8,10H,1-3,5-6,9H2,(H,18,19). The van der Waals surface area contributed by atoms with Gasteiger partial charge in [0.15, 0.2) is 0 Å². The van der Waals surface area contributed by atoms with E-state index in [1.165, 1.54) is 19.3 Å². The quantitative estimate of drug-likeness (QED) is 0.916. The Hall–Kier alpha value is -1.88. The van der Waals surface area contributed by atoms with Gasteiger partial charge in [-0.1, -0.05) is 6.42 Å². The van der Waals surface area contributed by atoms with Crippen molar-refractivity contribution >= 4 is 11.6 Å². The van der Waals surface area contributed by atoms with Gasteiger partial charge >= 0.3 is 5.97 Å². The van der Waals surface area contributed by atoms with Gasteiger partial charge < -0.3 is 9.51 Å². The number of rotatable bonds is 3. The highest BCUT2D eigenvalue weighted by Crippen LogP contribution is 2.14.